The molecule has 2 aromatic rings. The maximum atomic E-state index is 13.0. The van der Waals surface area contributed by atoms with Gasteiger partial charge in [0.15, 0.2) is 6.10 Å². The number of nitrogens with two attached hydrogens (primary N) is 1. The van der Waals surface area contributed by atoms with Gasteiger partial charge < -0.3 is 26.0 Å². The fraction of sp³-hybridized carbons (Fsp3) is 0.633. The van der Waals surface area contributed by atoms with Gasteiger partial charge in [0, 0.05) is 63.1 Å². The van der Waals surface area contributed by atoms with E-state index in [4.69, 9.17) is 5.11 Å². The van der Waals surface area contributed by atoms with Crippen molar-refractivity contribution in [3.63, 3.8) is 0 Å². The molecule has 4 N–H and O–H groups in total. The predicted molar refractivity (Wildman–Crippen MR) is 167 cm³/mol. The molecule has 1 amide bonds. The maximum Gasteiger partial charge on any atom is 0.415 e. The molecule has 1 saturated carbocycles. The standard InChI is InChI=1S/C20H23F2N5O2S.C9H16F3NO.CH5N/c1-14-13-17(19(21)22)24-20(23-14)25-9-11-26(12-10-25)30(29)16-6-4-15(5-7-16)27-8-2-3-18(27)28;10-9(11,12)8(14)6-13-7-4-2-1-3-5-7;1-2/h4-7,13,19H,2-3,8-12H2,1H3;7-8,13-14H,1-6H2;2H2,1H3. The first kappa shape index (κ1) is 37.7. The van der Waals surface area contributed by atoms with E-state index in [9.17, 15) is 31.0 Å². The van der Waals surface area contributed by atoms with Crippen molar-refractivity contribution in [3.05, 3.63) is 41.7 Å². The number of aliphatic hydroxyl groups excluding tert-OH is 1. The van der Waals surface area contributed by atoms with Gasteiger partial charge in [0.1, 0.15) is 16.7 Å². The van der Waals surface area contributed by atoms with Crippen LogP contribution in [0.2, 0.25) is 0 Å². The van der Waals surface area contributed by atoms with Gasteiger partial charge in [0.05, 0.1) is 4.90 Å². The van der Waals surface area contributed by atoms with E-state index in [-0.39, 0.29) is 30.1 Å². The maximum absolute atomic E-state index is 13.0. The van der Waals surface area contributed by atoms with Gasteiger partial charge in [-0.1, -0.05) is 19.3 Å². The topological polar surface area (TPSA) is 128 Å². The summed E-state index contributed by atoms with van der Waals surface area (Å²) in [6.45, 7) is 4.00. The molecule has 0 bridgehead atoms. The molecule has 0 radical (unpaired) electrons. The third kappa shape index (κ3) is 10.9. The van der Waals surface area contributed by atoms with Crippen LogP contribution in [0.15, 0.2) is 35.2 Å². The minimum absolute atomic E-state index is 0.119. The van der Waals surface area contributed by atoms with Crippen molar-refractivity contribution in [2.45, 2.75) is 81.5 Å². The van der Waals surface area contributed by atoms with E-state index in [1.54, 1.807) is 24.0 Å². The zero-order valence-corrected chi connectivity index (χ0v) is 27.0. The molecular formula is C30H44F5N7O3S. The number of carbonyl (C=O) groups is 1. The van der Waals surface area contributed by atoms with Crippen LogP contribution in [0.25, 0.3) is 0 Å². The lowest BCUT2D eigenvalue weighted by Gasteiger charge is -2.34. The molecule has 2 aliphatic heterocycles. The molecule has 1 aromatic heterocycles. The molecule has 2 unspecified atom stereocenters. The van der Waals surface area contributed by atoms with Crippen LogP contribution in [0.3, 0.4) is 0 Å². The summed E-state index contributed by atoms with van der Waals surface area (Å²) in [5.41, 5.74) is 5.55. The number of nitrogens with one attached hydrogen (secondary N) is 1. The zero-order valence-electron chi connectivity index (χ0n) is 26.2. The fourth-order valence-electron chi connectivity index (χ4n) is 5.40. The lowest BCUT2D eigenvalue weighted by Crippen LogP contribution is -2.47. The average Bonchev–Trinajstić information content (AvgIpc) is 3.50. The predicted octanol–water partition coefficient (Wildman–Crippen LogP) is 4.10. The van der Waals surface area contributed by atoms with Gasteiger partial charge in [-0.25, -0.2) is 27.3 Å². The summed E-state index contributed by atoms with van der Waals surface area (Å²) in [7, 11) is 0.167. The number of halogens is 5. The minimum atomic E-state index is -4.50. The van der Waals surface area contributed by atoms with E-state index >= 15 is 0 Å². The fourth-order valence-corrected chi connectivity index (χ4v) is 6.56. The average molecular weight is 678 g/mol. The highest BCUT2D eigenvalue weighted by molar-refractivity contribution is 7.82. The Hall–Kier alpha value is -2.79. The summed E-state index contributed by atoms with van der Waals surface area (Å²) in [5, 5.41) is 11.5. The zero-order chi connectivity index (χ0) is 33.9. The van der Waals surface area contributed by atoms with E-state index in [1.165, 1.54) is 19.5 Å². The number of carbonyl (C=O) groups excluding carboxylic acids is 1. The van der Waals surface area contributed by atoms with Gasteiger partial charge in [-0.05, 0) is 63.6 Å². The number of hydrogen-bond donors (Lipinski definition) is 3. The third-order valence-corrected chi connectivity index (χ3v) is 9.36. The normalized spacial score (nSPS) is 19.3. The monoisotopic (exact) mass is 677 g/mol. The third-order valence-electron chi connectivity index (χ3n) is 7.85. The Morgan fingerprint density at radius 2 is 1.63 bits per heavy atom. The number of amides is 1. The summed E-state index contributed by atoms with van der Waals surface area (Å²) in [6, 6.07) is 8.70. The van der Waals surface area contributed by atoms with Crippen LogP contribution < -0.4 is 20.9 Å². The number of piperazine rings is 1. The Bertz CT molecular complexity index is 1260. The summed E-state index contributed by atoms with van der Waals surface area (Å²) in [6.07, 6.45) is -2.79. The molecule has 1 aromatic carbocycles. The number of hydrogen-bond acceptors (Lipinski definition) is 8. The number of alkyl halides is 5. The first-order chi connectivity index (χ1) is 21.9. The summed E-state index contributed by atoms with van der Waals surface area (Å²) < 4.78 is 76.6. The van der Waals surface area contributed by atoms with Crippen molar-refractivity contribution < 1.29 is 36.1 Å². The Balaban J connectivity index is 0.000000303. The van der Waals surface area contributed by atoms with Gasteiger partial charge in [0.25, 0.3) is 6.43 Å². The molecule has 3 aliphatic rings. The molecule has 5 rings (SSSR count). The number of anilines is 2. The first-order valence-corrected chi connectivity index (χ1v) is 16.5. The van der Waals surface area contributed by atoms with Gasteiger partial charge >= 0.3 is 6.18 Å². The smallest absolute Gasteiger partial charge is 0.382 e. The number of aliphatic hydroxyl groups is 1. The highest BCUT2D eigenvalue weighted by Gasteiger charge is 2.38. The van der Waals surface area contributed by atoms with Crippen LogP contribution in [0.1, 0.15) is 62.8 Å². The van der Waals surface area contributed by atoms with E-state index in [0.29, 0.717) is 43.2 Å². The molecule has 1 aliphatic carbocycles. The summed E-state index contributed by atoms with van der Waals surface area (Å²) in [5.74, 6) is 0.406. The number of aryl methyl sites for hydroxylation is 1. The summed E-state index contributed by atoms with van der Waals surface area (Å²) in [4.78, 5) is 24.4. The number of benzene rings is 1. The molecule has 46 heavy (non-hydrogen) atoms. The van der Waals surface area contributed by atoms with Crippen LogP contribution >= 0.6 is 0 Å². The van der Waals surface area contributed by atoms with Crippen molar-refractivity contribution in [1.29, 1.82) is 0 Å². The molecule has 16 heteroatoms. The number of rotatable bonds is 8. The van der Waals surface area contributed by atoms with Crippen LogP contribution in [0, 0.1) is 6.92 Å². The van der Waals surface area contributed by atoms with E-state index in [0.717, 1.165) is 44.3 Å². The van der Waals surface area contributed by atoms with Crippen molar-refractivity contribution in [2.24, 2.45) is 5.73 Å². The molecule has 10 nitrogen and oxygen atoms in total. The van der Waals surface area contributed by atoms with E-state index in [2.05, 4.69) is 21.0 Å². The Kier molecular flexibility index (Phi) is 14.7. The van der Waals surface area contributed by atoms with E-state index in [1.807, 2.05) is 21.3 Å². The number of nitrogens with zero attached hydrogens (tertiary/aromatic N) is 5. The van der Waals surface area contributed by atoms with Gasteiger partial charge in [0.2, 0.25) is 11.9 Å². The second-order valence-corrected chi connectivity index (χ2v) is 12.6. The van der Waals surface area contributed by atoms with Crippen LogP contribution in [-0.4, -0.2) is 94.1 Å². The Labute approximate surface area is 269 Å². The SMILES string of the molecule is CN.Cc1cc(C(F)F)nc(N2CCN(S(=O)c3ccc(N4CCCC4=O)cc3)CC2)n1.OC(CNC1CCCCC1)C(F)(F)F. The molecule has 258 valence electrons. The highest BCUT2D eigenvalue weighted by Crippen LogP contribution is 2.25. The Morgan fingerprint density at radius 3 is 2.17 bits per heavy atom. The lowest BCUT2D eigenvalue weighted by molar-refractivity contribution is -0.202. The molecule has 0 spiro atoms. The van der Waals surface area contributed by atoms with Gasteiger partial charge in [-0.15, -0.1) is 0 Å². The molecule has 3 heterocycles. The lowest BCUT2D eigenvalue weighted by atomic mass is 9.95. The highest BCUT2D eigenvalue weighted by atomic mass is 32.2. The molecule has 2 saturated heterocycles. The summed E-state index contributed by atoms with van der Waals surface area (Å²) >= 11 is 0. The van der Waals surface area contributed by atoms with Crippen molar-refractivity contribution in [1.82, 2.24) is 19.6 Å². The van der Waals surface area contributed by atoms with Crippen LogP contribution in [-0.2, 0) is 15.8 Å². The van der Waals surface area contributed by atoms with Gasteiger partial charge in [-0.2, -0.15) is 13.2 Å². The second kappa shape index (κ2) is 17.9. The van der Waals surface area contributed by atoms with Gasteiger partial charge in [-0.3, -0.25) is 4.79 Å². The minimum Gasteiger partial charge on any atom is -0.382 e. The Morgan fingerprint density at radius 1 is 1.00 bits per heavy atom. The van der Waals surface area contributed by atoms with Crippen molar-refractivity contribution in [2.75, 3.05) is 56.1 Å². The number of aromatic nitrogens is 2. The van der Waals surface area contributed by atoms with Crippen LogP contribution in [0.4, 0.5) is 33.6 Å². The molecular weight excluding hydrogens is 633 g/mol. The first-order valence-electron chi connectivity index (χ1n) is 15.4. The largest absolute Gasteiger partial charge is 0.415 e. The molecule has 3 fully saturated rings. The van der Waals surface area contributed by atoms with Crippen molar-refractivity contribution in [3.8, 4) is 0 Å². The van der Waals surface area contributed by atoms with E-state index < -0.39 is 29.7 Å². The molecule has 2 atom stereocenters. The van der Waals surface area contributed by atoms with Crippen molar-refractivity contribution >= 4 is 28.5 Å². The second-order valence-electron chi connectivity index (χ2n) is 11.1. The van der Waals surface area contributed by atoms with Crippen LogP contribution in [0.5, 0.6) is 0 Å². The quantitative estimate of drug-likeness (QED) is 0.357.